The summed E-state index contributed by atoms with van der Waals surface area (Å²) < 4.78 is 31.8. The molecular weight excluding hydrogens is 316 g/mol. The molecule has 1 aliphatic rings. The first kappa shape index (κ1) is 17.9. The van der Waals surface area contributed by atoms with Crippen LogP contribution in [0.4, 0.5) is 5.69 Å². The van der Waals surface area contributed by atoms with Crippen LogP contribution in [0.1, 0.15) is 20.3 Å². The molecule has 128 valence electrons. The van der Waals surface area contributed by atoms with Crippen molar-refractivity contribution in [1.29, 1.82) is 0 Å². The first-order chi connectivity index (χ1) is 10.8. The number of carbonyl (C=O) groups excluding carboxylic acids is 1. The number of carbonyl (C=O) groups is 1. The number of anilines is 1. The van der Waals surface area contributed by atoms with Crippen LogP contribution in [-0.4, -0.2) is 45.4 Å². The van der Waals surface area contributed by atoms with Crippen LogP contribution in [0.2, 0.25) is 0 Å². The first-order valence-corrected chi connectivity index (χ1v) is 9.16. The maximum Gasteiger partial charge on any atom is 0.250 e. The Morgan fingerprint density at radius 1 is 1.22 bits per heavy atom. The zero-order chi connectivity index (χ0) is 17.0. The highest BCUT2D eigenvalue weighted by Gasteiger charge is 2.31. The van der Waals surface area contributed by atoms with Gasteiger partial charge in [0, 0.05) is 25.9 Å². The first-order valence-electron chi connectivity index (χ1n) is 7.72. The number of amides is 1. The van der Waals surface area contributed by atoms with E-state index in [1.54, 1.807) is 16.4 Å². The normalized spacial score (nSPS) is 22.7. The summed E-state index contributed by atoms with van der Waals surface area (Å²) in [6.07, 6.45) is 1.05. The van der Waals surface area contributed by atoms with Crippen molar-refractivity contribution in [3.8, 4) is 0 Å². The van der Waals surface area contributed by atoms with Gasteiger partial charge in [0.15, 0.2) is 0 Å². The number of rotatable bonds is 5. The average molecular weight is 340 g/mol. The highest BCUT2D eigenvalue weighted by Crippen LogP contribution is 2.27. The predicted octanol–water partition coefficient (Wildman–Crippen LogP) is 1.94. The number of piperidine rings is 1. The number of benzene rings is 1. The van der Waals surface area contributed by atoms with Gasteiger partial charge in [-0.05, 0) is 42.5 Å². The molecule has 2 rings (SSSR count). The number of methoxy groups -OCH3 is 1. The summed E-state index contributed by atoms with van der Waals surface area (Å²) in [6, 6.07) is 6.25. The molecule has 0 saturated carbocycles. The van der Waals surface area contributed by atoms with Crippen LogP contribution < -0.4 is 5.32 Å². The summed E-state index contributed by atoms with van der Waals surface area (Å²) >= 11 is 0. The Kier molecular flexibility index (Phi) is 5.78. The quantitative estimate of drug-likeness (QED) is 0.889. The smallest absolute Gasteiger partial charge is 0.250 e. The van der Waals surface area contributed by atoms with E-state index in [1.165, 1.54) is 19.2 Å². The molecule has 1 aliphatic heterocycles. The van der Waals surface area contributed by atoms with E-state index in [4.69, 9.17) is 4.74 Å². The van der Waals surface area contributed by atoms with Crippen molar-refractivity contribution in [2.45, 2.75) is 25.2 Å². The Morgan fingerprint density at radius 2 is 1.78 bits per heavy atom. The fraction of sp³-hybridized carbons (Fsp3) is 0.562. The van der Waals surface area contributed by atoms with Gasteiger partial charge in [0.2, 0.25) is 15.9 Å². The molecule has 0 spiro atoms. The molecule has 1 N–H and O–H groups in total. The Bertz CT molecular complexity index is 633. The maximum atomic E-state index is 12.7. The van der Waals surface area contributed by atoms with Gasteiger partial charge in [0.1, 0.15) is 6.61 Å². The molecule has 0 aromatic heterocycles. The summed E-state index contributed by atoms with van der Waals surface area (Å²) in [6.45, 7) is 5.22. The molecule has 6 nitrogen and oxygen atoms in total. The van der Waals surface area contributed by atoms with E-state index < -0.39 is 10.0 Å². The summed E-state index contributed by atoms with van der Waals surface area (Å²) in [5.74, 6) is 0.448. The van der Waals surface area contributed by atoms with E-state index in [-0.39, 0.29) is 17.4 Å². The van der Waals surface area contributed by atoms with Gasteiger partial charge in [-0.1, -0.05) is 13.8 Å². The topological polar surface area (TPSA) is 75.7 Å². The highest BCUT2D eigenvalue weighted by molar-refractivity contribution is 7.89. The molecule has 0 radical (unpaired) electrons. The van der Waals surface area contributed by atoms with Crippen molar-refractivity contribution in [3.63, 3.8) is 0 Å². The summed E-state index contributed by atoms with van der Waals surface area (Å²) in [7, 11) is -2.05. The Hall–Kier alpha value is -1.44. The molecule has 2 unspecified atom stereocenters. The number of hydrogen-bond acceptors (Lipinski definition) is 4. The third-order valence-electron chi connectivity index (χ3n) is 3.89. The van der Waals surface area contributed by atoms with Gasteiger partial charge in [-0.15, -0.1) is 0 Å². The van der Waals surface area contributed by atoms with Crippen molar-refractivity contribution in [2.24, 2.45) is 11.8 Å². The minimum absolute atomic E-state index is 0.0381. The molecule has 1 fully saturated rings. The van der Waals surface area contributed by atoms with Gasteiger partial charge >= 0.3 is 0 Å². The fourth-order valence-corrected chi connectivity index (χ4v) is 4.67. The van der Waals surface area contributed by atoms with Crippen molar-refractivity contribution in [2.75, 3.05) is 32.1 Å². The second-order valence-corrected chi connectivity index (χ2v) is 8.21. The van der Waals surface area contributed by atoms with Crippen LogP contribution in [-0.2, 0) is 19.6 Å². The zero-order valence-corrected chi connectivity index (χ0v) is 14.6. The second-order valence-electron chi connectivity index (χ2n) is 6.27. The van der Waals surface area contributed by atoms with E-state index in [0.717, 1.165) is 6.42 Å². The number of hydrogen-bond donors (Lipinski definition) is 1. The molecule has 2 atom stereocenters. The summed E-state index contributed by atoms with van der Waals surface area (Å²) in [5.41, 5.74) is 0.548. The number of sulfonamides is 1. The monoisotopic (exact) mass is 340 g/mol. The van der Waals surface area contributed by atoms with E-state index in [9.17, 15) is 13.2 Å². The molecule has 1 amide bonds. The molecule has 0 aliphatic carbocycles. The lowest BCUT2D eigenvalue weighted by molar-refractivity contribution is -0.119. The molecule has 1 aromatic rings. The van der Waals surface area contributed by atoms with Gasteiger partial charge < -0.3 is 10.1 Å². The lowest BCUT2D eigenvalue weighted by Gasteiger charge is -2.34. The lowest BCUT2D eigenvalue weighted by Crippen LogP contribution is -2.42. The van der Waals surface area contributed by atoms with Crippen molar-refractivity contribution in [1.82, 2.24) is 4.31 Å². The molecule has 1 saturated heterocycles. The maximum absolute atomic E-state index is 12.7. The number of nitrogens with one attached hydrogen (secondary N) is 1. The summed E-state index contributed by atoms with van der Waals surface area (Å²) in [4.78, 5) is 11.7. The van der Waals surface area contributed by atoms with Gasteiger partial charge in [-0.2, -0.15) is 4.31 Å². The van der Waals surface area contributed by atoms with Crippen molar-refractivity contribution < 1.29 is 17.9 Å². The fourth-order valence-electron chi connectivity index (χ4n) is 2.99. The van der Waals surface area contributed by atoms with Gasteiger partial charge in [-0.3, -0.25) is 4.79 Å². The third kappa shape index (κ3) is 4.53. The van der Waals surface area contributed by atoms with Gasteiger partial charge in [-0.25, -0.2) is 8.42 Å². The Labute approximate surface area is 137 Å². The molecule has 1 heterocycles. The van der Waals surface area contributed by atoms with Crippen LogP contribution in [0.5, 0.6) is 0 Å². The highest BCUT2D eigenvalue weighted by atomic mass is 32.2. The van der Waals surface area contributed by atoms with Gasteiger partial charge in [0.25, 0.3) is 0 Å². The molecular formula is C16H24N2O4S. The predicted molar refractivity (Wildman–Crippen MR) is 88.7 cm³/mol. The third-order valence-corrected chi connectivity index (χ3v) is 5.73. The Balaban J connectivity index is 2.12. The minimum Gasteiger partial charge on any atom is -0.375 e. The van der Waals surface area contributed by atoms with Crippen LogP contribution >= 0.6 is 0 Å². The standard InChI is InChI=1S/C16H24N2O4S/c1-12-8-13(2)10-18(9-12)23(20,21)15-6-4-14(5-7-15)17-16(19)11-22-3/h4-7,12-13H,8-11H2,1-3H3,(H,17,19). The van der Waals surface area contributed by atoms with Crippen LogP contribution in [0.15, 0.2) is 29.2 Å². The summed E-state index contributed by atoms with van der Waals surface area (Å²) in [5, 5.41) is 2.64. The largest absolute Gasteiger partial charge is 0.375 e. The van der Waals surface area contributed by atoms with E-state index in [2.05, 4.69) is 19.2 Å². The second kappa shape index (κ2) is 7.42. The van der Waals surface area contributed by atoms with Crippen LogP contribution in [0.25, 0.3) is 0 Å². The molecule has 23 heavy (non-hydrogen) atoms. The van der Waals surface area contributed by atoms with Crippen molar-refractivity contribution >= 4 is 21.6 Å². The number of nitrogens with zero attached hydrogens (tertiary/aromatic N) is 1. The van der Waals surface area contributed by atoms with E-state index >= 15 is 0 Å². The van der Waals surface area contributed by atoms with Crippen LogP contribution in [0, 0.1) is 11.8 Å². The number of ether oxygens (including phenoxy) is 1. The van der Waals surface area contributed by atoms with Gasteiger partial charge in [0.05, 0.1) is 4.90 Å². The Morgan fingerprint density at radius 3 is 2.30 bits per heavy atom. The lowest BCUT2D eigenvalue weighted by atomic mass is 9.94. The van der Waals surface area contributed by atoms with E-state index in [1.807, 2.05) is 0 Å². The van der Waals surface area contributed by atoms with E-state index in [0.29, 0.717) is 30.6 Å². The van der Waals surface area contributed by atoms with Crippen LogP contribution in [0.3, 0.4) is 0 Å². The molecule has 1 aromatic carbocycles. The average Bonchev–Trinajstić information content (AvgIpc) is 2.47. The molecule has 0 bridgehead atoms. The van der Waals surface area contributed by atoms with Crippen molar-refractivity contribution in [3.05, 3.63) is 24.3 Å². The molecule has 7 heteroatoms. The SMILES string of the molecule is COCC(=O)Nc1ccc(S(=O)(=O)N2CC(C)CC(C)C2)cc1. The zero-order valence-electron chi connectivity index (χ0n) is 13.8. The minimum atomic E-state index is -3.49.